The molecule has 0 atom stereocenters. The molecule has 2 aromatic rings. The summed E-state index contributed by atoms with van der Waals surface area (Å²) in [5.41, 5.74) is 2.46. The van der Waals surface area contributed by atoms with Crippen molar-refractivity contribution in [2.24, 2.45) is 5.92 Å². The molecule has 0 radical (unpaired) electrons. The maximum Gasteiger partial charge on any atom is 0.321 e. The number of anilines is 3. The highest BCUT2D eigenvalue weighted by Gasteiger charge is 2.21. The number of carbonyl (C=O) groups is 3. The Labute approximate surface area is 157 Å². The first-order valence-electron chi connectivity index (χ1n) is 8.82. The number of rotatable bonds is 5. The Hall–Kier alpha value is -3.35. The van der Waals surface area contributed by atoms with Crippen LogP contribution in [0.25, 0.3) is 0 Å². The van der Waals surface area contributed by atoms with Crippen LogP contribution in [0.4, 0.5) is 21.9 Å². The van der Waals surface area contributed by atoms with Crippen LogP contribution in [0.15, 0.2) is 48.5 Å². The third-order valence-corrected chi connectivity index (χ3v) is 4.21. The Morgan fingerprint density at radius 1 is 1.04 bits per heavy atom. The number of hydrogen-bond donors (Lipinski definition) is 3. The SMILES string of the molecule is CC(C)C(=O)Nc1ccc(C(=O)Nc2cccc(N3CCNC3=O)c2)cc1. The molecule has 2 aromatic carbocycles. The normalized spacial score (nSPS) is 13.4. The molecule has 1 aliphatic rings. The summed E-state index contributed by atoms with van der Waals surface area (Å²) in [7, 11) is 0. The minimum Gasteiger partial charge on any atom is -0.336 e. The van der Waals surface area contributed by atoms with Crippen LogP contribution < -0.4 is 20.9 Å². The Balaban J connectivity index is 1.67. The van der Waals surface area contributed by atoms with E-state index >= 15 is 0 Å². The van der Waals surface area contributed by atoms with E-state index in [1.807, 2.05) is 19.9 Å². The molecule has 0 saturated carbocycles. The summed E-state index contributed by atoms with van der Waals surface area (Å²) in [6.07, 6.45) is 0. The van der Waals surface area contributed by atoms with Crippen LogP contribution in [0.1, 0.15) is 24.2 Å². The molecule has 0 spiro atoms. The Bertz CT molecular complexity index is 862. The van der Waals surface area contributed by atoms with E-state index in [2.05, 4.69) is 16.0 Å². The number of nitrogens with zero attached hydrogens (tertiary/aromatic N) is 1. The average Bonchev–Trinajstić information content (AvgIpc) is 3.08. The number of carbonyl (C=O) groups excluding carboxylic acids is 3. The zero-order chi connectivity index (χ0) is 19.4. The maximum atomic E-state index is 12.5. The Morgan fingerprint density at radius 2 is 1.78 bits per heavy atom. The second-order valence-electron chi connectivity index (χ2n) is 6.61. The molecule has 7 heteroatoms. The summed E-state index contributed by atoms with van der Waals surface area (Å²) in [5, 5.41) is 8.37. The molecule has 0 unspecified atom stereocenters. The van der Waals surface area contributed by atoms with Gasteiger partial charge in [0.2, 0.25) is 5.91 Å². The second kappa shape index (κ2) is 7.90. The van der Waals surface area contributed by atoms with E-state index in [1.54, 1.807) is 47.4 Å². The van der Waals surface area contributed by atoms with Crippen molar-refractivity contribution in [3.8, 4) is 0 Å². The minimum atomic E-state index is -0.264. The van der Waals surface area contributed by atoms with Crippen molar-refractivity contribution in [3.05, 3.63) is 54.1 Å². The van der Waals surface area contributed by atoms with Crippen LogP contribution in [0.2, 0.25) is 0 Å². The van der Waals surface area contributed by atoms with Gasteiger partial charge in [-0.15, -0.1) is 0 Å². The van der Waals surface area contributed by atoms with Gasteiger partial charge in [-0.2, -0.15) is 0 Å². The van der Waals surface area contributed by atoms with E-state index in [4.69, 9.17) is 0 Å². The van der Waals surface area contributed by atoms with Crippen LogP contribution in [0.5, 0.6) is 0 Å². The number of hydrogen-bond acceptors (Lipinski definition) is 3. The Morgan fingerprint density at radius 3 is 2.41 bits per heavy atom. The van der Waals surface area contributed by atoms with E-state index in [-0.39, 0.29) is 23.8 Å². The molecule has 1 saturated heterocycles. The van der Waals surface area contributed by atoms with Gasteiger partial charge >= 0.3 is 6.03 Å². The Kier molecular flexibility index (Phi) is 5.40. The first-order valence-corrected chi connectivity index (χ1v) is 8.82. The summed E-state index contributed by atoms with van der Waals surface area (Å²) in [6.45, 7) is 4.84. The van der Waals surface area contributed by atoms with Crippen LogP contribution in [-0.4, -0.2) is 30.9 Å². The zero-order valence-electron chi connectivity index (χ0n) is 15.3. The fraction of sp³-hybridized carbons (Fsp3) is 0.250. The van der Waals surface area contributed by atoms with Crippen molar-refractivity contribution in [2.75, 3.05) is 28.6 Å². The van der Waals surface area contributed by atoms with Crippen LogP contribution in [-0.2, 0) is 4.79 Å². The predicted octanol–water partition coefficient (Wildman–Crippen LogP) is 3.06. The summed E-state index contributed by atoms with van der Waals surface area (Å²) in [5.74, 6) is -0.451. The minimum absolute atomic E-state index is 0.0741. The fourth-order valence-electron chi connectivity index (χ4n) is 2.66. The van der Waals surface area contributed by atoms with Crippen molar-refractivity contribution >= 4 is 34.9 Å². The average molecular weight is 366 g/mol. The zero-order valence-corrected chi connectivity index (χ0v) is 15.3. The molecule has 0 bridgehead atoms. The van der Waals surface area contributed by atoms with E-state index in [1.165, 1.54) is 0 Å². The van der Waals surface area contributed by atoms with E-state index in [0.717, 1.165) is 5.69 Å². The number of amides is 4. The summed E-state index contributed by atoms with van der Waals surface area (Å²) in [4.78, 5) is 37.6. The lowest BCUT2D eigenvalue weighted by molar-refractivity contribution is -0.118. The molecule has 7 nitrogen and oxygen atoms in total. The van der Waals surface area contributed by atoms with Gasteiger partial charge in [-0.25, -0.2) is 4.79 Å². The van der Waals surface area contributed by atoms with Gasteiger partial charge < -0.3 is 16.0 Å². The third-order valence-electron chi connectivity index (χ3n) is 4.21. The molecular formula is C20H22N4O3. The van der Waals surface area contributed by atoms with Crippen LogP contribution >= 0.6 is 0 Å². The molecule has 27 heavy (non-hydrogen) atoms. The molecule has 3 rings (SSSR count). The number of urea groups is 1. The fourth-order valence-corrected chi connectivity index (χ4v) is 2.66. The van der Waals surface area contributed by atoms with Gasteiger partial charge in [-0.3, -0.25) is 14.5 Å². The van der Waals surface area contributed by atoms with Gasteiger partial charge in [0.25, 0.3) is 5.91 Å². The highest BCUT2D eigenvalue weighted by molar-refractivity contribution is 6.05. The summed E-state index contributed by atoms with van der Waals surface area (Å²) < 4.78 is 0. The van der Waals surface area contributed by atoms with Gasteiger partial charge in [0.05, 0.1) is 0 Å². The molecule has 0 aliphatic carbocycles. The molecule has 1 fully saturated rings. The molecule has 1 aliphatic heterocycles. The van der Waals surface area contributed by atoms with Crippen molar-refractivity contribution in [3.63, 3.8) is 0 Å². The van der Waals surface area contributed by atoms with Crippen molar-refractivity contribution in [2.45, 2.75) is 13.8 Å². The lowest BCUT2D eigenvalue weighted by atomic mass is 10.1. The topological polar surface area (TPSA) is 90.5 Å². The first kappa shape index (κ1) is 18.4. The lowest BCUT2D eigenvalue weighted by Gasteiger charge is -2.15. The van der Waals surface area contributed by atoms with Gasteiger partial charge in [0.1, 0.15) is 0 Å². The van der Waals surface area contributed by atoms with E-state index in [9.17, 15) is 14.4 Å². The molecule has 3 N–H and O–H groups in total. The standard InChI is InChI=1S/C20H22N4O3/c1-13(2)18(25)22-15-8-6-14(7-9-15)19(26)23-16-4-3-5-17(12-16)24-11-10-21-20(24)27/h3-9,12-13H,10-11H2,1-2H3,(H,21,27)(H,22,25)(H,23,26). The van der Waals surface area contributed by atoms with Gasteiger partial charge in [0, 0.05) is 41.6 Å². The van der Waals surface area contributed by atoms with Crippen LogP contribution in [0.3, 0.4) is 0 Å². The van der Waals surface area contributed by atoms with Gasteiger partial charge in [-0.05, 0) is 42.5 Å². The highest BCUT2D eigenvalue weighted by atomic mass is 16.2. The van der Waals surface area contributed by atoms with Crippen molar-refractivity contribution in [1.29, 1.82) is 0 Å². The smallest absolute Gasteiger partial charge is 0.321 e. The van der Waals surface area contributed by atoms with Crippen LogP contribution in [0, 0.1) is 5.92 Å². The van der Waals surface area contributed by atoms with Gasteiger partial charge in [-0.1, -0.05) is 19.9 Å². The monoisotopic (exact) mass is 366 g/mol. The predicted molar refractivity (Wildman–Crippen MR) is 105 cm³/mol. The molecule has 140 valence electrons. The largest absolute Gasteiger partial charge is 0.336 e. The molecule has 1 heterocycles. The quantitative estimate of drug-likeness (QED) is 0.760. The molecule has 4 amide bonds. The summed E-state index contributed by atoms with van der Waals surface area (Å²) >= 11 is 0. The van der Waals surface area contributed by atoms with Crippen molar-refractivity contribution < 1.29 is 14.4 Å². The van der Waals surface area contributed by atoms with E-state index in [0.29, 0.717) is 30.0 Å². The summed E-state index contributed by atoms with van der Waals surface area (Å²) in [6, 6.07) is 13.7. The van der Waals surface area contributed by atoms with Crippen molar-refractivity contribution in [1.82, 2.24) is 5.32 Å². The second-order valence-corrected chi connectivity index (χ2v) is 6.61. The maximum absolute atomic E-state index is 12.5. The third kappa shape index (κ3) is 4.44. The van der Waals surface area contributed by atoms with E-state index < -0.39 is 0 Å². The lowest BCUT2D eigenvalue weighted by Crippen LogP contribution is -2.27. The molecular weight excluding hydrogens is 344 g/mol. The first-order chi connectivity index (χ1) is 12.9. The molecule has 0 aromatic heterocycles. The number of benzene rings is 2. The number of nitrogens with one attached hydrogen (secondary N) is 3. The highest BCUT2D eigenvalue weighted by Crippen LogP contribution is 2.21. The van der Waals surface area contributed by atoms with Gasteiger partial charge in [0.15, 0.2) is 0 Å².